The topological polar surface area (TPSA) is 90.7 Å². The summed E-state index contributed by atoms with van der Waals surface area (Å²) < 4.78 is 18.6. The highest BCUT2D eigenvalue weighted by Gasteiger charge is 2.21. The maximum absolute atomic E-state index is 13.8. The van der Waals surface area contributed by atoms with Gasteiger partial charge in [0.25, 0.3) is 5.56 Å². The highest BCUT2D eigenvalue weighted by Crippen LogP contribution is 2.33. The van der Waals surface area contributed by atoms with Gasteiger partial charge in [-0.15, -0.1) is 0 Å². The third-order valence-corrected chi connectivity index (χ3v) is 6.80. The number of ether oxygens (including phenoxy) is 3. The van der Waals surface area contributed by atoms with Crippen LogP contribution in [-0.2, 0) is 0 Å². The van der Waals surface area contributed by atoms with Crippen LogP contribution in [0, 0.1) is 0 Å². The lowest BCUT2D eigenvalue weighted by Gasteiger charge is -2.08. The fourth-order valence-corrected chi connectivity index (χ4v) is 4.88. The number of aliphatic imine (C=N–C) groups is 1. The second kappa shape index (κ2) is 9.71. The van der Waals surface area contributed by atoms with Crippen molar-refractivity contribution in [3.05, 3.63) is 82.6 Å². The summed E-state index contributed by atoms with van der Waals surface area (Å²) in [6.45, 7) is 1.80. The molecule has 0 amide bonds. The molecule has 5 aromatic rings. The van der Waals surface area contributed by atoms with Gasteiger partial charge < -0.3 is 14.2 Å². The minimum Gasteiger partial charge on any atom is -0.497 e. The second-order valence-electron chi connectivity index (χ2n) is 7.93. The molecule has 0 aliphatic heterocycles. The lowest BCUT2D eigenvalue weighted by atomic mass is 10.0. The smallest absolute Gasteiger partial charge is 0.283 e. The normalized spacial score (nSPS) is 11.6. The molecule has 0 fully saturated rings. The van der Waals surface area contributed by atoms with E-state index in [-0.39, 0.29) is 5.56 Å². The van der Waals surface area contributed by atoms with Crippen LogP contribution in [0.25, 0.3) is 26.6 Å². The number of nitrogens with one attached hydrogen (secondary N) is 1. The molecule has 1 N–H and O–H groups in total. The Labute approximate surface area is 211 Å². The molecule has 182 valence electrons. The molecule has 0 radical (unpaired) electrons. The number of para-hydroxylation sites is 1. The average molecular weight is 501 g/mol. The highest BCUT2D eigenvalue weighted by molar-refractivity contribution is 7.20. The molecule has 0 spiro atoms. The van der Waals surface area contributed by atoms with Crippen LogP contribution in [0.2, 0.25) is 0 Å². The monoisotopic (exact) mass is 500 g/mol. The molecule has 36 heavy (non-hydrogen) atoms. The van der Waals surface area contributed by atoms with Crippen LogP contribution in [0.15, 0.2) is 76.5 Å². The van der Waals surface area contributed by atoms with Crippen LogP contribution in [0.1, 0.15) is 12.5 Å². The predicted molar refractivity (Wildman–Crippen MR) is 143 cm³/mol. The van der Waals surface area contributed by atoms with Gasteiger partial charge in [-0.1, -0.05) is 23.5 Å². The second-order valence-corrected chi connectivity index (χ2v) is 8.94. The standard InChI is InChI=1S/C27H24N4O4S/c1-16(28-21-15-19(34-3)13-14-22(21)35-4)24-25(17-9-11-18(33-2)12-10-17)30-31(26(24)32)27-29-20-7-5-6-8-23(20)36-27/h5-15,30H,1-4H3. The number of nitrogens with zero attached hydrogens (tertiary/aromatic N) is 3. The van der Waals surface area contributed by atoms with Crippen molar-refractivity contribution in [1.82, 2.24) is 14.8 Å². The fourth-order valence-electron chi connectivity index (χ4n) is 3.95. The Balaban J connectivity index is 1.71. The van der Waals surface area contributed by atoms with E-state index in [0.29, 0.717) is 39.3 Å². The number of H-pyrrole nitrogens is 1. The van der Waals surface area contributed by atoms with E-state index < -0.39 is 0 Å². The van der Waals surface area contributed by atoms with Gasteiger partial charge in [-0.3, -0.25) is 9.89 Å². The zero-order valence-electron chi connectivity index (χ0n) is 20.2. The van der Waals surface area contributed by atoms with E-state index in [4.69, 9.17) is 19.2 Å². The summed E-state index contributed by atoms with van der Waals surface area (Å²) in [6.07, 6.45) is 0. The van der Waals surface area contributed by atoms with Crippen LogP contribution in [0.4, 0.5) is 5.69 Å². The van der Waals surface area contributed by atoms with Crippen molar-refractivity contribution in [3.63, 3.8) is 0 Å². The molecular formula is C27H24N4O4S. The van der Waals surface area contributed by atoms with Gasteiger partial charge >= 0.3 is 0 Å². The molecule has 8 nitrogen and oxygen atoms in total. The van der Waals surface area contributed by atoms with Crippen molar-refractivity contribution in [2.75, 3.05) is 21.3 Å². The van der Waals surface area contributed by atoms with E-state index in [9.17, 15) is 4.79 Å². The number of methoxy groups -OCH3 is 3. The van der Waals surface area contributed by atoms with Gasteiger partial charge in [-0.25, -0.2) is 9.98 Å². The van der Waals surface area contributed by atoms with Crippen LogP contribution in [0.5, 0.6) is 17.2 Å². The van der Waals surface area contributed by atoms with Gasteiger partial charge in [0.1, 0.15) is 22.9 Å². The summed E-state index contributed by atoms with van der Waals surface area (Å²) in [6, 6.07) is 20.6. The molecule has 0 aliphatic rings. The van der Waals surface area contributed by atoms with E-state index in [0.717, 1.165) is 21.5 Å². The lowest BCUT2D eigenvalue weighted by molar-refractivity contribution is 0.404. The number of rotatable bonds is 7. The first-order valence-electron chi connectivity index (χ1n) is 11.2. The fraction of sp³-hybridized carbons (Fsp3) is 0.148. The van der Waals surface area contributed by atoms with E-state index in [1.165, 1.54) is 16.0 Å². The molecule has 5 rings (SSSR count). The van der Waals surface area contributed by atoms with Crippen LogP contribution >= 0.6 is 11.3 Å². The van der Waals surface area contributed by atoms with Crippen molar-refractivity contribution in [2.24, 2.45) is 4.99 Å². The molecular weight excluding hydrogens is 476 g/mol. The summed E-state index contributed by atoms with van der Waals surface area (Å²) in [7, 11) is 4.78. The molecule has 3 aromatic carbocycles. The lowest BCUT2D eigenvalue weighted by Crippen LogP contribution is -2.19. The highest BCUT2D eigenvalue weighted by atomic mass is 32.1. The van der Waals surface area contributed by atoms with Gasteiger partial charge in [-0.05, 0) is 55.5 Å². The van der Waals surface area contributed by atoms with Crippen molar-refractivity contribution < 1.29 is 14.2 Å². The molecule has 0 atom stereocenters. The summed E-state index contributed by atoms with van der Waals surface area (Å²) >= 11 is 1.44. The SMILES string of the molecule is COc1ccc(-c2[nH]n(-c3nc4ccccc4s3)c(=O)c2C(C)=Nc2cc(OC)ccc2OC)cc1. The summed E-state index contributed by atoms with van der Waals surface area (Å²) in [5, 5.41) is 3.82. The molecule has 2 heterocycles. The molecule has 0 bridgehead atoms. The Morgan fingerprint density at radius 1 is 0.944 bits per heavy atom. The number of thiazole rings is 1. The molecule has 0 saturated heterocycles. The molecule has 0 saturated carbocycles. The number of benzene rings is 3. The molecule has 2 aromatic heterocycles. The molecule has 0 aliphatic carbocycles. The zero-order valence-corrected chi connectivity index (χ0v) is 21.1. The van der Waals surface area contributed by atoms with Crippen molar-refractivity contribution in [2.45, 2.75) is 6.92 Å². The number of fused-ring (bicyclic) bond motifs is 1. The van der Waals surface area contributed by atoms with Crippen molar-refractivity contribution >= 4 is 33.0 Å². The Morgan fingerprint density at radius 3 is 2.36 bits per heavy atom. The van der Waals surface area contributed by atoms with Gasteiger partial charge in [0.05, 0.1) is 48.5 Å². The number of aromatic nitrogens is 3. The van der Waals surface area contributed by atoms with E-state index in [1.807, 2.05) is 48.5 Å². The maximum atomic E-state index is 13.8. The van der Waals surface area contributed by atoms with Gasteiger partial charge in [0.2, 0.25) is 5.13 Å². The number of hydrogen-bond donors (Lipinski definition) is 1. The first-order valence-corrected chi connectivity index (χ1v) is 12.0. The maximum Gasteiger partial charge on any atom is 0.283 e. The Kier molecular flexibility index (Phi) is 6.30. The van der Waals surface area contributed by atoms with E-state index >= 15 is 0 Å². The largest absolute Gasteiger partial charge is 0.497 e. The summed E-state index contributed by atoms with van der Waals surface area (Å²) in [5.41, 5.74) is 3.54. The number of hydrogen-bond acceptors (Lipinski definition) is 7. The minimum absolute atomic E-state index is 0.247. The predicted octanol–water partition coefficient (Wildman–Crippen LogP) is 5.61. The Morgan fingerprint density at radius 2 is 1.67 bits per heavy atom. The van der Waals surface area contributed by atoms with Gasteiger partial charge in [-0.2, -0.15) is 4.68 Å². The van der Waals surface area contributed by atoms with Gasteiger partial charge in [0.15, 0.2) is 0 Å². The Hall–Kier alpha value is -4.37. The first kappa shape index (κ1) is 23.4. The number of aromatic amines is 1. The summed E-state index contributed by atoms with van der Waals surface area (Å²) in [5.74, 6) is 1.93. The first-order chi connectivity index (χ1) is 17.5. The molecule has 0 unspecified atom stereocenters. The van der Waals surface area contributed by atoms with Crippen LogP contribution in [-0.4, -0.2) is 41.8 Å². The van der Waals surface area contributed by atoms with Crippen molar-refractivity contribution in [1.29, 1.82) is 0 Å². The van der Waals surface area contributed by atoms with E-state index in [2.05, 4.69) is 10.1 Å². The van der Waals surface area contributed by atoms with Crippen molar-refractivity contribution in [3.8, 4) is 33.6 Å². The molecule has 9 heteroatoms. The average Bonchev–Trinajstić information content (AvgIpc) is 3.49. The van der Waals surface area contributed by atoms with Gasteiger partial charge in [0, 0.05) is 11.6 Å². The van der Waals surface area contributed by atoms with Crippen LogP contribution < -0.4 is 19.8 Å². The third kappa shape index (κ3) is 4.25. The van der Waals surface area contributed by atoms with Crippen LogP contribution in [0.3, 0.4) is 0 Å². The quantitative estimate of drug-likeness (QED) is 0.293. The van der Waals surface area contributed by atoms with E-state index in [1.54, 1.807) is 46.5 Å². The third-order valence-electron chi connectivity index (χ3n) is 5.78. The minimum atomic E-state index is -0.247. The zero-order chi connectivity index (χ0) is 25.2. The Bertz CT molecular complexity index is 1600. The summed E-state index contributed by atoms with van der Waals surface area (Å²) in [4.78, 5) is 23.3.